The summed E-state index contributed by atoms with van der Waals surface area (Å²) in [6.45, 7) is 7.10. The molecule has 0 aromatic heterocycles. The van der Waals surface area contributed by atoms with Gasteiger partial charge in [0, 0.05) is 0 Å². The second kappa shape index (κ2) is 15.8. The van der Waals surface area contributed by atoms with Crippen LogP contribution in [0.2, 0.25) is 0 Å². The second-order valence-corrected chi connectivity index (χ2v) is 5.74. The van der Waals surface area contributed by atoms with Crippen LogP contribution >= 0.6 is 0 Å². The lowest BCUT2D eigenvalue weighted by atomic mass is 10.1. The molecule has 0 rings (SSSR count). The van der Waals surface area contributed by atoms with Gasteiger partial charge < -0.3 is 14.8 Å². The maximum atomic E-state index is 11.9. The Morgan fingerprint density at radius 1 is 0.826 bits per heavy atom. The number of ether oxygens (including phenoxy) is 2. The van der Waals surface area contributed by atoms with Gasteiger partial charge in [-0.3, -0.25) is 9.59 Å². The van der Waals surface area contributed by atoms with Crippen LogP contribution in [0.5, 0.6) is 0 Å². The fourth-order valence-corrected chi connectivity index (χ4v) is 2.40. The minimum absolute atomic E-state index is 0.0314. The summed E-state index contributed by atoms with van der Waals surface area (Å²) < 4.78 is 9.91. The van der Waals surface area contributed by atoms with E-state index in [9.17, 15) is 9.59 Å². The largest absolute Gasteiger partial charge is 0.466 e. The van der Waals surface area contributed by atoms with Crippen molar-refractivity contribution in [3.63, 3.8) is 0 Å². The Morgan fingerprint density at radius 2 is 1.39 bits per heavy atom. The third-order valence-electron chi connectivity index (χ3n) is 3.67. The van der Waals surface area contributed by atoms with Gasteiger partial charge >= 0.3 is 11.9 Å². The molecule has 5 nitrogen and oxygen atoms in total. The van der Waals surface area contributed by atoms with Crippen LogP contribution in [-0.4, -0.2) is 37.7 Å². The maximum absolute atomic E-state index is 11.9. The second-order valence-electron chi connectivity index (χ2n) is 5.74. The fraction of sp³-hybridized carbons (Fsp3) is 0.889. The SMILES string of the molecule is CCCCCCCCCCN[C@@H](CC(=O)OCC)C(=O)OCC. The maximum Gasteiger partial charge on any atom is 0.323 e. The van der Waals surface area contributed by atoms with E-state index in [4.69, 9.17) is 9.47 Å². The lowest BCUT2D eigenvalue weighted by Gasteiger charge is -2.16. The average molecular weight is 329 g/mol. The first-order valence-corrected chi connectivity index (χ1v) is 9.21. The van der Waals surface area contributed by atoms with E-state index in [0.717, 1.165) is 19.4 Å². The quantitative estimate of drug-likeness (QED) is 0.367. The highest BCUT2D eigenvalue weighted by Gasteiger charge is 2.23. The zero-order valence-corrected chi connectivity index (χ0v) is 15.2. The highest BCUT2D eigenvalue weighted by molar-refractivity contribution is 5.82. The predicted molar refractivity (Wildman–Crippen MR) is 92.3 cm³/mol. The Labute approximate surface area is 141 Å². The van der Waals surface area contributed by atoms with Crippen LogP contribution in [-0.2, 0) is 19.1 Å². The third kappa shape index (κ3) is 13.1. The minimum Gasteiger partial charge on any atom is -0.466 e. The molecule has 0 aliphatic heterocycles. The predicted octanol–water partition coefficient (Wildman–Crippen LogP) is 3.60. The Kier molecular flexibility index (Phi) is 15.0. The molecule has 0 aliphatic carbocycles. The van der Waals surface area contributed by atoms with Crippen molar-refractivity contribution in [1.82, 2.24) is 5.32 Å². The number of carbonyl (C=O) groups is 2. The van der Waals surface area contributed by atoms with Gasteiger partial charge in [0.15, 0.2) is 0 Å². The third-order valence-corrected chi connectivity index (χ3v) is 3.67. The number of unbranched alkanes of at least 4 members (excludes halogenated alkanes) is 7. The Bertz CT molecular complexity index is 307. The van der Waals surface area contributed by atoms with Crippen molar-refractivity contribution in [2.75, 3.05) is 19.8 Å². The molecule has 136 valence electrons. The van der Waals surface area contributed by atoms with Gasteiger partial charge in [-0.25, -0.2) is 0 Å². The molecule has 1 N–H and O–H groups in total. The van der Waals surface area contributed by atoms with E-state index in [1.807, 2.05) is 0 Å². The van der Waals surface area contributed by atoms with Gasteiger partial charge in [0.2, 0.25) is 0 Å². The van der Waals surface area contributed by atoms with E-state index in [0.29, 0.717) is 13.2 Å². The highest BCUT2D eigenvalue weighted by Crippen LogP contribution is 2.08. The number of esters is 2. The van der Waals surface area contributed by atoms with Crippen LogP contribution < -0.4 is 5.32 Å². The number of hydrogen-bond acceptors (Lipinski definition) is 5. The van der Waals surface area contributed by atoms with Gasteiger partial charge in [0.1, 0.15) is 6.04 Å². The van der Waals surface area contributed by atoms with Crippen LogP contribution in [0.3, 0.4) is 0 Å². The molecule has 0 aromatic rings. The molecule has 0 fully saturated rings. The fourth-order valence-electron chi connectivity index (χ4n) is 2.40. The summed E-state index contributed by atoms with van der Waals surface area (Å²) in [7, 11) is 0. The first kappa shape index (κ1) is 21.9. The van der Waals surface area contributed by atoms with E-state index in [1.54, 1.807) is 13.8 Å². The molecule has 0 radical (unpaired) electrons. The van der Waals surface area contributed by atoms with Crippen molar-refractivity contribution < 1.29 is 19.1 Å². The van der Waals surface area contributed by atoms with E-state index in [-0.39, 0.29) is 18.4 Å². The molecule has 0 saturated carbocycles. The minimum atomic E-state index is -0.599. The molecule has 0 amide bonds. The zero-order chi connectivity index (χ0) is 17.3. The summed E-state index contributed by atoms with van der Waals surface area (Å²) in [5, 5.41) is 3.13. The van der Waals surface area contributed by atoms with Crippen LogP contribution in [0.1, 0.15) is 78.6 Å². The van der Waals surface area contributed by atoms with E-state index in [1.165, 1.54) is 38.5 Å². The standard InChI is InChI=1S/C18H35NO4/c1-4-7-8-9-10-11-12-13-14-19-16(18(21)23-6-3)15-17(20)22-5-2/h16,19H,4-15H2,1-3H3/t16-/m0/s1. The Morgan fingerprint density at radius 3 is 1.96 bits per heavy atom. The molecule has 5 heteroatoms. The molecule has 23 heavy (non-hydrogen) atoms. The van der Waals surface area contributed by atoms with Gasteiger partial charge in [-0.1, -0.05) is 51.9 Å². The molecule has 0 heterocycles. The number of nitrogens with one attached hydrogen (secondary N) is 1. The molecule has 0 unspecified atom stereocenters. The molecular weight excluding hydrogens is 294 g/mol. The van der Waals surface area contributed by atoms with Crippen molar-refractivity contribution in [3.8, 4) is 0 Å². The van der Waals surface area contributed by atoms with Gasteiger partial charge in [-0.2, -0.15) is 0 Å². The molecule has 0 bridgehead atoms. The molecule has 0 aliphatic rings. The van der Waals surface area contributed by atoms with Crippen LogP contribution in [0.25, 0.3) is 0 Å². The van der Waals surface area contributed by atoms with Crippen molar-refractivity contribution >= 4 is 11.9 Å². The van der Waals surface area contributed by atoms with Gasteiger partial charge in [-0.15, -0.1) is 0 Å². The summed E-state index contributed by atoms with van der Waals surface area (Å²) in [5.74, 6) is -0.742. The van der Waals surface area contributed by atoms with E-state index in [2.05, 4.69) is 12.2 Å². The normalized spacial score (nSPS) is 12.0. The van der Waals surface area contributed by atoms with Crippen LogP contribution in [0.15, 0.2) is 0 Å². The Hall–Kier alpha value is -1.10. The van der Waals surface area contributed by atoms with E-state index < -0.39 is 6.04 Å². The lowest BCUT2D eigenvalue weighted by molar-refractivity contribution is -0.152. The first-order chi connectivity index (χ1) is 11.2. The highest BCUT2D eigenvalue weighted by atomic mass is 16.5. The topological polar surface area (TPSA) is 64.6 Å². The number of carbonyl (C=O) groups excluding carboxylic acids is 2. The van der Waals surface area contributed by atoms with Crippen molar-refractivity contribution in [3.05, 3.63) is 0 Å². The average Bonchev–Trinajstić information content (AvgIpc) is 2.52. The van der Waals surface area contributed by atoms with E-state index >= 15 is 0 Å². The van der Waals surface area contributed by atoms with Crippen LogP contribution in [0.4, 0.5) is 0 Å². The summed E-state index contributed by atoms with van der Waals surface area (Å²) in [5.41, 5.74) is 0. The molecule has 0 saturated heterocycles. The van der Waals surface area contributed by atoms with Crippen molar-refractivity contribution in [2.45, 2.75) is 84.6 Å². The van der Waals surface area contributed by atoms with Crippen molar-refractivity contribution in [2.24, 2.45) is 0 Å². The Balaban J connectivity index is 3.86. The lowest BCUT2D eigenvalue weighted by Crippen LogP contribution is -2.40. The molecule has 0 aromatic carbocycles. The summed E-state index contributed by atoms with van der Waals surface area (Å²) >= 11 is 0. The van der Waals surface area contributed by atoms with Crippen LogP contribution in [0, 0.1) is 0 Å². The summed E-state index contributed by atoms with van der Waals surface area (Å²) in [4.78, 5) is 23.4. The van der Waals surface area contributed by atoms with Gasteiger partial charge in [-0.05, 0) is 26.8 Å². The summed E-state index contributed by atoms with van der Waals surface area (Å²) in [6.07, 6.45) is 9.95. The molecular formula is C18H35NO4. The van der Waals surface area contributed by atoms with Gasteiger partial charge in [0.25, 0.3) is 0 Å². The monoisotopic (exact) mass is 329 g/mol. The molecule has 0 spiro atoms. The number of rotatable bonds is 15. The number of hydrogen-bond donors (Lipinski definition) is 1. The zero-order valence-electron chi connectivity index (χ0n) is 15.2. The van der Waals surface area contributed by atoms with Gasteiger partial charge in [0.05, 0.1) is 19.6 Å². The summed E-state index contributed by atoms with van der Waals surface area (Å²) in [6, 6.07) is -0.599. The smallest absolute Gasteiger partial charge is 0.323 e. The first-order valence-electron chi connectivity index (χ1n) is 9.21. The molecule has 1 atom stereocenters. The van der Waals surface area contributed by atoms with Crippen molar-refractivity contribution in [1.29, 1.82) is 0 Å².